The molecule has 4 rings (SSSR count). The second-order valence-corrected chi connectivity index (χ2v) is 6.24. The molecule has 1 amide bonds. The van der Waals surface area contributed by atoms with Gasteiger partial charge in [0.05, 0.1) is 18.6 Å². The molecule has 0 radical (unpaired) electrons. The van der Waals surface area contributed by atoms with E-state index < -0.39 is 0 Å². The van der Waals surface area contributed by atoms with Crippen molar-refractivity contribution < 1.29 is 9.53 Å². The number of amides is 1. The Morgan fingerprint density at radius 2 is 2.04 bits per heavy atom. The molecule has 5 heteroatoms. The van der Waals surface area contributed by atoms with Crippen LogP contribution in [0, 0.1) is 6.92 Å². The molecule has 0 aliphatic carbocycles. The molecule has 0 bridgehead atoms. The van der Waals surface area contributed by atoms with Gasteiger partial charge in [-0.3, -0.25) is 9.48 Å². The van der Waals surface area contributed by atoms with Gasteiger partial charge < -0.3 is 9.64 Å². The van der Waals surface area contributed by atoms with Gasteiger partial charge in [0.2, 0.25) is 5.91 Å². The molecular weight excluding hydrogens is 302 g/mol. The Labute approximate surface area is 140 Å². The van der Waals surface area contributed by atoms with Gasteiger partial charge >= 0.3 is 0 Å². The summed E-state index contributed by atoms with van der Waals surface area (Å²) in [4.78, 5) is 14.1. The second kappa shape index (κ2) is 6.00. The number of carbonyl (C=O) groups is 1. The molecule has 122 valence electrons. The van der Waals surface area contributed by atoms with Crippen LogP contribution in [-0.4, -0.2) is 39.8 Å². The van der Waals surface area contributed by atoms with Gasteiger partial charge in [0.1, 0.15) is 18.4 Å². The molecule has 2 heterocycles. The van der Waals surface area contributed by atoms with E-state index in [-0.39, 0.29) is 18.6 Å². The highest BCUT2D eigenvalue weighted by atomic mass is 16.5. The third kappa shape index (κ3) is 2.97. The lowest BCUT2D eigenvalue weighted by Gasteiger charge is -2.39. The van der Waals surface area contributed by atoms with Crippen LogP contribution < -0.4 is 4.74 Å². The van der Waals surface area contributed by atoms with Crippen molar-refractivity contribution in [3.63, 3.8) is 0 Å². The van der Waals surface area contributed by atoms with Crippen molar-refractivity contribution in [3.8, 4) is 5.75 Å². The third-order valence-electron chi connectivity index (χ3n) is 4.25. The fraction of sp³-hybridized carbons (Fsp3) is 0.263. The average Bonchev–Trinajstić information content (AvgIpc) is 2.92. The molecule has 1 saturated heterocycles. The minimum Gasteiger partial charge on any atom is -0.487 e. The standard InChI is InChI=1S/C19H19N3O2/c1-14-5-4-7-16(9-14)24-17-11-21(12-17)19(23)13-22-10-15-6-2-3-8-18(15)20-22/h2-10,17H,11-13H2,1H3. The second-order valence-electron chi connectivity index (χ2n) is 6.24. The molecule has 0 spiro atoms. The Morgan fingerprint density at radius 3 is 2.83 bits per heavy atom. The Balaban J connectivity index is 1.32. The van der Waals surface area contributed by atoms with E-state index in [0.29, 0.717) is 13.1 Å². The van der Waals surface area contributed by atoms with Gasteiger partial charge in [0.25, 0.3) is 0 Å². The van der Waals surface area contributed by atoms with E-state index >= 15 is 0 Å². The highest BCUT2D eigenvalue weighted by Crippen LogP contribution is 2.19. The first-order chi connectivity index (χ1) is 11.7. The number of fused-ring (bicyclic) bond motifs is 1. The first-order valence-corrected chi connectivity index (χ1v) is 8.11. The number of hydrogen-bond donors (Lipinski definition) is 0. The quantitative estimate of drug-likeness (QED) is 0.742. The van der Waals surface area contributed by atoms with E-state index in [0.717, 1.165) is 16.7 Å². The number of benzene rings is 2. The maximum atomic E-state index is 12.3. The van der Waals surface area contributed by atoms with Crippen molar-refractivity contribution >= 4 is 16.8 Å². The summed E-state index contributed by atoms with van der Waals surface area (Å²) in [5, 5.41) is 5.48. The highest BCUT2D eigenvalue weighted by Gasteiger charge is 2.32. The SMILES string of the molecule is Cc1cccc(OC2CN(C(=O)Cn3cc4ccccc4n3)C2)c1. The van der Waals surface area contributed by atoms with Gasteiger partial charge in [-0.1, -0.05) is 30.3 Å². The van der Waals surface area contributed by atoms with Gasteiger partial charge in [-0.15, -0.1) is 0 Å². The molecule has 0 saturated carbocycles. The number of ether oxygens (including phenoxy) is 1. The minimum atomic E-state index is 0.0758. The summed E-state index contributed by atoms with van der Waals surface area (Å²) in [5.74, 6) is 0.942. The predicted molar refractivity (Wildman–Crippen MR) is 91.9 cm³/mol. The van der Waals surface area contributed by atoms with Crippen LogP contribution in [0.4, 0.5) is 0 Å². The molecule has 1 fully saturated rings. The molecule has 0 N–H and O–H groups in total. The fourth-order valence-corrected chi connectivity index (χ4v) is 2.93. The minimum absolute atomic E-state index is 0.0758. The van der Waals surface area contributed by atoms with Crippen molar-refractivity contribution in [2.45, 2.75) is 19.6 Å². The molecular formula is C19H19N3O2. The molecule has 1 aliphatic heterocycles. The molecule has 0 unspecified atom stereocenters. The molecule has 0 atom stereocenters. The van der Waals surface area contributed by atoms with Gasteiger partial charge in [-0.05, 0) is 30.7 Å². The average molecular weight is 321 g/mol. The Morgan fingerprint density at radius 1 is 1.21 bits per heavy atom. The summed E-state index contributed by atoms with van der Waals surface area (Å²) >= 11 is 0. The van der Waals surface area contributed by atoms with Gasteiger partial charge in [0.15, 0.2) is 0 Å². The number of rotatable bonds is 4. The molecule has 1 aliphatic rings. The van der Waals surface area contributed by atoms with Crippen LogP contribution in [0.25, 0.3) is 10.9 Å². The number of hydrogen-bond acceptors (Lipinski definition) is 3. The number of nitrogens with zero attached hydrogens (tertiary/aromatic N) is 3. The van der Waals surface area contributed by atoms with Crippen LogP contribution in [0.2, 0.25) is 0 Å². The third-order valence-corrected chi connectivity index (χ3v) is 4.25. The normalized spacial score (nSPS) is 14.6. The summed E-state index contributed by atoms with van der Waals surface area (Å²) in [7, 11) is 0. The summed E-state index contributed by atoms with van der Waals surface area (Å²) in [6, 6.07) is 15.9. The lowest BCUT2D eigenvalue weighted by atomic mass is 10.1. The van der Waals surface area contributed by atoms with E-state index in [1.165, 1.54) is 5.56 Å². The zero-order valence-electron chi connectivity index (χ0n) is 13.6. The van der Waals surface area contributed by atoms with E-state index in [1.807, 2.05) is 66.6 Å². The molecule has 5 nitrogen and oxygen atoms in total. The number of aromatic nitrogens is 2. The highest BCUT2D eigenvalue weighted by molar-refractivity contribution is 5.80. The maximum absolute atomic E-state index is 12.3. The van der Waals surface area contributed by atoms with E-state index in [4.69, 9.17) is 4.74 Å². The number of aryl methyl sites for hydroxylation is 1. The lowest BCUT2D eigenvalue weighted by molar-refractivity contribution is -0.140. The van der Waals surface area contributed by atoms with E-state index in [1.54, 1.807) is 4.68 Å². The predicted octanol–water partition coefficient (Wildman–Crippen LogP) is 2.63. The number of carbonyl (C=O) groups excluding carboxylic acids is 1. The van der Waals surface area contributed by atoms with Crippen molar-refractivity contribution in [1.82, 2.24) is 14.7 Å². The van der Waals surface area contributed by atoms with Crippen LogP contribution in [0.1, 0.15) is 5.56 Å². The van der Waals surface area contributed by atoms with Crippen LogP contribution in [0.3, 0.4) is 0 Å². The van der Waals surface area contributed by atoms with Gasteiger partial charge in [-0.2, -0.15) is 5.10 Å². The molecule has 1 aromatic heterocycles. The Bertz CT molecular complexity index is 848. The molecule has 2 aromatic carbocycles. The summed E-state index contributed by atoms with van der Waals surface area (Å²) < 4.78 is 7.60. The first-order valence-electron chi connectivity index (χ1n) is 8.11. The zero-order valence-corrected chi connectivity index (χ0v) is 13.6. The van der Waals surface area contributed by atoms with Crippen molar-refractivity contribution in [2.24, 2.45) is 0 Å². The van der Waals surface area contributed by atoms with Crippen molar-refractivity contribution in [2.75, 3.05) is 13.1 Å². The van der Waals surface area contributed by atoms with E-state index in [2.05, 4.69) is 5.10 Å². The van der Waals surface area contributed by atoms with Crippen molar-refractivity contribution in [3.05, 3.63) is 60.3 Å². The smallest absolute Gasteiger partial charge is 0.244 e. The fourth-order valence-electron chi connectivity index (χ4n) is 2.93. The summed E-state index contributed by atoms with van der Waals surface area (Å²) in [6.45, 7) is 3.57. The van der Waals surface area contributed by atoms with E-state index in [9.17, 15) is 4.79 Å². The summed E-state index contributed by atoms with van der Waals surface area (Å²) in [6.07, 6.45) is 1.99. The van der Waals surface area contributed by atoms with Crippen LogP contribution in [0.15, 0.2) is 54.7 Å². The summed E-state index contributed by atoms with van der Waals surface area (Å²) in [5.41, 5.74) is 2.08. The Hall–Kier alpha value is -2.82. The molecule has 24 heavy (non-hydrogen) atoms. The maximum Gasteiger partial charge on any atom is 0.244 e. The van der Waals surface area contributed by atoms with Crippen LogP contribution in [-0.2, 0) is 11.3 Å². The first kappa shape index (κ1) is 14.8. The lowest BCUT2D eigenvalue weighted by Crippen LogP contribution is -2.56. The molecule has 3 aromatic rings. The van der Waals surface area contributed by atoms with Crippen molar-refractivity contribution in [1.29, 1.82) is 0 Å². The van der Waals surface area contributed by atoms with Gasteiger partial charge in [0, 0.05) is 11.6 Å². The van der Waals surface area contributed by atoms with Crippen LogP contribution in [0.5, 0.6) is 5.75 Å². The monoisotopic (exact) mass is 321 g/mol. The number of likely N-dealkylation sites (tertiary alicyclic amines) is 1. The van der Waals surface area contributed by atoms with Gasteiger partial charge in [-0.25, -0.2) is 0 Å². The topological polar surface area (TPSA) is 47.4 Å². The zero-order chi connectivity index (χ0) is 16.5. The largest absolute Gasteiger partial charge is 0.487 e. The van der Waals surface area contributed by atoms with Crippen LogP contribution >= 0.6 is 0 Å². The Kier molecular flexibility index (Phi) is 3.69.